The van der Waals surface area contributed by atoms with E-state index in [0.717, 1.165) is 19.5 Å². The Hall–Kier alpha value is -1.38. The molecule has 0 spiro atoms. The van der Waals surface area contributed by atoms with Crippen molar-refractivity contribution in [3.63, 3.8) is 0 Å². The number of carboxylic acids is 1. The molecule has 2 amide bonds. The van der Waals surface area contributed by atoms with Gasteiger partial charge in [0.15, 0.2) is 0 Å². The molecule has 0 atom stereocenters. The number of hydrogen-bond donors (Lipinski definition) is 3. The van der Waals surface area contributed by atoms with E-state index in [1.165, 1.54) is 0 Å². The predicted octanol–water partition coefficient (Wildman–Crippen LogP) is -1.20. The van der Waals surface area contributed by atoms with Gasteiger partial charge in [0.1, 0.15) is 6.61 Å². The van der Waals surface area contributed by atoms with Crippen molar-refractivity contribution in [2.24, 2.45) is 0 Å². The minimum absolute atomic E-state index is 0.132. The van der Waals surface area contributed by atoms with Crippen molar-refractivity contribution in [1.29, 1.82) is 0 Å². The average molecular weight is 289 g/mol. The van der Waals surface area contributed by atoms with Gasteiger partial charge in [-0.1, -0.05) is 0 Å². The van der Waals surface area contributed by atoms with Gasteiger partial charge in [-0.3, -0.25) is 4.90 Å². The lowest BCUT2D eigenvalue weighted by Gasteiger charge is -2.21. The number of ether oxygens (including phenoxy) is 1. The van der Waals surface area contributed by atoms with Crippen molar-refractivity contribution < 1.29 is 24.5 Å². The van der Waals surface area contributed by atoms with Crippen LogP contribution in [0.25, 0.3) is 0 Å². The van der Waals surface area contributed by atoms with Gasteiger partial charge in [0.2, 0.25) is 0 Å². The van der Waals surface area contributed by atoms with Gasteiger partial charge in [-0.2, -0.15) is 0 Å². The highest BCUT2D eigenvalue weighted by Gasteiger charge is 2.18. The number of β-amino-alcohol motifs (C(OH)–C–C–N with tert-alkyl or cyclic N) is 1. The Balaban J connectivity index is 2.17. The molecule has 1 rings (SSSR count). The Bertz CT molecular complexity index is 313. The van der Waals surface area contributed by atoms with Crippen LogP contribution in [0.5, 0.6) is 0 Å². The van der Waals surface area contributed by atoms with Gasteiger partial charge in [-0.05, 0) is 13.0 Å². The van der Waals surface area contributed by atoms with Crippen LogP contribution in [0.4, 0.5) is 4.79 Å². The summed E-state index contributed by atoms with van der Waals surface area (Å²) in [5.41, 5.74) is 0. The van der Waals surface area contributed by atoms with E-state index in [1.807, 2.05) is 0 Å². The Morgan fingerprint density at radius 1 is 1.20 bits per heavy atom. The molecule has 3 N–H and O–H groups in total. The summed E-state index contributed by atoms with van der Waals surface area (Å²) in [6.07, 6.45) is 0.878. The monoisotopic (exact) mass is 289 g/mol. The lowest BCUT2D eigenvalue weighted by Crippen LogP contribution is -2.43. The molecule has 0 aliphatic carbocycles. The van der Waals surface area contributed by atoms with E-state index >= 15 is 0 Å². The molecule has 0 aromatic heterocycles. The summed E-state index contributed by atoms with van der Waals surface area (Å²) >= 11 is 0. The number of rotatable bonds is 7. The van der Waals surface area contributed by atoms with Crippen LogP contribution in [0.15, 0.2) is 0 Å². The van der Waals surface area contributed by atoms with E-state index < -0.39 is 5.97 Å². The van der Waals surface area contributed by atoms with Crippen LogP contribution in [-0.4, -0.2) is 91.1 Å². The Labute approximate surface area is 118 Å². The zero-order chi connectivity index (χ0) is 14.8. The van der Waals surface area contributed by atoms with Gasteiger partial charge in [0, 0.05) is 32.7 Å². The van der Waals surface area contributed by atoms with Crippen LogP contribution in [0.3, 0.4) is 0 Å². The van der Waals surface area contributed by atoms with Gasteiger partial charge in [0.25, 0.3) is 0 Å². The molecule has 1 heterocycles. The molecule has 1 fully saturated rings. The molecule has 1 aliphatic rings. The maximum absolute atomic E-state index is 11.9. The molecule has 0 aromatic carbocycles. The zero-order valence-corrected chi connectivity index (χ0v) is 11.6. The van der Waals surface area contributed by atoms with Crippen LogP contribution in [0.2, 0.25) is 0 Å². The number of nitrogens with zero attached hydrogens (tertiary/aromatic N) is 2. The molecule has 8 heteroatoms. The van der Waals surface area contributed by atoms with Crippen molar-refractivity contribution in [3.05, 3.63) is 0 Å². The first-order valence-corrected chi connectivity index (χ1v) is 6.79. The molecule has 20 heavy (non-hydrogen) atoms. The molecule has 1 aliphatic heterocycles. The highest BCUT2D eigenvalue weighted by Crippen LogP contribution is 2.02. The fraction of sp³-hybridized carbons (Fsp3) is 0.833. The largest absolute Gasteiger partial charge is 0.480 e. The molecule has 0 saturated carbocycles. The number of aliphatic hydroxyl groups is 1. The van der Waals surface area contributed by atoms with Crippen molar-refractivity contribution in [1.82, 2.24) is 15.1 Å². The van der Waals surface area contributed by atoms with Crippen LogP contribution in [0.1, 0.15) is 6.42 Å². The lowest BCUT2D eigenvalue weighted by molar-refractivity contribution is -0.142. The van der Waals surface area contributed by atoms with Crippen molar-refractivity contribution in [3.8, 4) is 0 Å². The second-order valence-electron chi connectivity index (χ2n) is 4.58. The molecule has 1 saturated heterocycles. The molecule has 0 radical (unpaired) electrons. The summed E-state index contributed by atoms with van der Waals surface area (Å²) in [5.74, 6) is -1.02. The van der Waals surface area contributed by atoms with E-state index in [2.05, 4.69) is 10.2 Å². The fourth-order valence-electron chi connectivity index (χ4n) is 2.04. The van der Waals surface area contributed by atoms with E-state index in [4.69, 9.17) is 14.9 Å². The van der Waals surface area contributed by atoms with Crippen LogP contribution >= 0.6 is 0 Å². The first-order valence-electron chi connectivity index (χ1n) is 6.79. The summed E-state index contributed by atoms with van der Waals surface area (Å²) in [7, 11) is 0. The van der Waals surface area contributed by atoms with Crippen molar-refractivity contribution in [2.75, 3.05) is 59.1 Å². The third kappa shape index (κ3) is 6.69. The minimum Gasteiger partial charge on any atom is -0.480 e. The van der Waals surface area contributed by atoms with E-state index in [1.54, 1.807) is 4.90 Å². The second kappa shape index (κ2) is 9.51. The summed E-state index contributed by atoms with van der Waals surface area (Å²) in [6, 6.07) is -0.158. The highest BCUT2D eigenvalue weighted by atomic mass is 16.5. The zero-order valence-electron chi connectivity index (χ0n) is 11.6. The van der Waals surface area contributed by atoms with E-state index in [0.29, 0.717) is 26.2 Å². The third-order valence-corrected chi connectivity index (χ3v) is 3.04. The molecule has 116 valence electrons. The summed E-state index contributed by atoms with van der Waals surface area (Å²) < 4.78 is 4.84. The average Bonchev–Trinajstić information content (AvgIpc) is 2.64. The number of carbonyl (C=O) groups is 2. The smallest absolute Gasteiger partial charge is 0.329 e. The minimum atomic E-state index is -1.02. The van der Waals surface area contributed by atoms with Crippen molar-refractivity contribution in [2.45, 2.75) is 6.42 Å². The number of aliphatic carboxylic acids is 1. The van der Waals surface area contributed by atoms with Gasteiger partial charge in [-0.25, -0.2) is 9.59 Å². The standard InChI is InChI=1S/C12H23N3O5/c16-8-7-14-3-1-4-15(6-5-14)12(19)13-2-9-20-10-11(17)18/h16H,1-10H2,(H,13,19)(H,17,18). The number of carboxylic acid groups (broad SMARTS) is 1. The number of urea groups is 1. The molecule has 8 nitrogen and oxygen atoms in total. The normalized spacial score (nSPS) is 16.8. The number of carbonyl (C=O) groups excluding carboxylic acids is 1. The fourth-order valence-corrected chi connectivity index (χ4v) is 2.04. The lowest BCUT2D eigenvalue weighted by atomic mass is 10.4. The first-order chi connectivity index (χ1) is 9.63. The second-order valence-corrected chi connectivity index (χ2v) is 4.58. The van der Waals surface area contributed by atoms with Crippen LogP contribution in [0, 0.1) is 0 Å². The Morgan fingerprint density at radius 3 is 2.70 bits per heavy atom. The molecule has 0 bridgehead atoms. The topological polar surface area (TPSA) is 102 Å². The number of hydrogen-bond acceptors (Lipinski definition) is 5. The quantitative estimate of drug-likeness (QED) is 0.509. The highest BCUT2D eigenvalue weighted by molar-refractivity contribution is 5.74. The Kier molecular flexibility index (Phi) is 7.93. The molecular weight excluding hydrogens is 266 g/mol. The first kappa shape index (κ1) is 16.7. The van der Waals surface area contributed by atoms with Crippen molar-refractivity contribution >= 4 is 12.0 Å². The number of amides is 2. The van der Waals surface area contributed by atoms with Crippen LogP contribution < -0.4 is 5.32 Å². The molecular formula is C12H23N3O5. The Morgan fingerprint density at radius 2 is 2.00 bits per heavy atom. The summed E-state index contributed by atoms with van der Waals surface area (Å²) in [6.45, 7) is 3.84. The molecule has 0 aromatic rings. The summed E-state index contributed by atoms with van der Waals surface area (Å²) in [4.78, 5) is 26.0. The maximum atomic E-state index is 11.9. The van der Waals surface area contributed by atoms with E-state index in [-0.39, 0.29) is 25.9 Å². The van der Waals surface area contributed by atoms with E-state index in [9.17, 15) is 9.59 Å². The van der Waals surface area contributed by atoms with Crippen LogP contribution in [-0.2, 0) is 9.53 Å². The number of nitrogens with one attached hydrogen (secondary N) is 1. The third-order valence-electron chi connectivity index (χ3n) is 3.04. The van der Waals surface area contributed by atoms with Gasteiger partial charge >= 0.3 is 12.0 Å². The van der Waals surface area contributed by atoms with Gasteiger partial charge in [-0.15, -0.1) is 0 Å². The molecule has 0 unspecified atom stereocenters. The number of aliphatic hydroxyl groups excluding tert-OH is 1. The van der Waals surface area contributed by atoms with Gasteiger partial charge in [0.05, 0.1) is 13.2 Å². The van der Waals surface area contributed by atoms with Gasteiger partial charge < -0.3 is 25.2 Å². The predicted molar refractivity (Wildman–Crippen MR) is 71.6 cm³/mol. The maximum Gasteiger partial charge on any atom is 0.329 e. The SMILES string of the molecule is O=C(O)COCCNC(=O)N1CCCN(CCO)CC1. The summed E-state index contributed by atoms with van der Waals surface area (Å²) in [5, 5.41) is 20.0.